The van der Waals surface area contributed by atoms with Crippen molar-refractivity contribution < 1.29 is 72.5 Å². The Balaban J connectivity index is 2.27. The number of phenols is 1. The number of urea groups is 1. The van der Waals surface area contributed by atoms with E-state index in [0.29, 0.717) is 11.1 Å². The third kappa shape index (κ3) is 21.6. The molecule has 18 N–H and O–H groups in total. The van der Waals surface area contributed by atoms with Crippen LogP contribution in [0.1, 0.15) is 90.7 Å². The summed E-state index contributed by atoms with van der Waals surface area (Å²) in [7, 11) is 0. The molecule has 1 aliphatic rings. The minimum absolute atomic E-state index is 0.0649. The predicted octanol–water partition coefficient (Wildman–Crippen LogP) is -3.66. The Bertz CT molecular complexity index is 2530. The summed E-state index contributed by atoms with van der Waals surface area (Å²) in [6, 6.07) is -2.25. The molecular formula is C51H73N13O15. The summed E-state index contributed by atoms with van der Waals surface area (Å²) in [5.41, 5.74) is 17.1. The van der Waals surface area contributed by atoms with Gasteiger partial charge in [-0.25, -0.2) is 4.79 Å². The van der Waals surface area contributed by atoms with Gasteiger partial charge in [0, 0.05) is 19.4 Å². The van der Waals surface area contributed by atoms with Gasteiger partial charge in [-0.15, -0.1) is 0 Å². The average molecular weight is 1110 g/mol. The molecule has 0 aliphatic carbocycles. The van der Waals surface area contributed by atoms with Crippen molar-refractivity contribution in [2.24, 2.45) is 29.0 Å². The molecule has 79 heavy (non-hydrogen) atoms. The lowest BCUT2D eigenvalue weighted by atomic mass is 9.94. The van der Waals surface area contributed by atoms with Crippen LogP contribution in [0, 0.1) is 11.8 Å². The molecule has 432 valence electrons. The number of hydrogen-bond acceptors (Lipinski definition) is 14. The zero-order chi connectivity index (χ0) is 59.1. The number of benzene rings is 2. The fourth-order valence-electron chi connectivity index (χ4n) is 8.06. The molecule has 0 spiro atoms. The zero-order valence-electron chi connectivity index (χ0n) is 44.6. The first kappa shape index (κ1) is 64.4. The molecule has 28 heteroatoms. The van der Waals surface area contributed by atoms with Gasteiger partial charge in [0.15, 0.2) is 0 Å². The van der Waals surface area contributed by atoms with Crippen LogP contribution < -0.4 is 70.4 Å². The van der Waals surface area contributed by atoms with Crippen molar-refractivity contribution >= 4 is 77.0 Å². The smallest absolute Gasteiger partial charge is 0.312 e. The third-order valence-electron chi connectivity index (χ3n) is 13.0. The second kappa shape index (κ2) is 31.4. The Labute approximate surface area is 455 Å². The van der Waals surface area contributed by atoms with E-state index >= 15 is 0 Å². The number of carboxylic acids is 1. The molecule has 0 aromatic heterocycles. The lowest BCUT2D eigenvalue weighted by Gasteiger charge is -2.31. The standard InChI is InChI=1S/C51H73N13O15/c1-6-25(3)40-49(77)62-35(23-38(53)67)46(74)61-36(24-39(68)69)47(75)57-31(14-11-19-55-51(54)79)43(71)59-32(20-28-12-9-8-10-13-28)44(72)56-27(5)42(70)58-34(22-37(52)66)45(73)60-33(21-29-15-17-30(65)18-16-29)48(76)63-41(26(4)7-2)50(78)64-40/h8-10,12-13,15-18,25-27,31-36,40-41,65H,6-7,11,14,19-24H2,1-5H3,(H2,52,66)(H2,53,67)(H,56,72)(H,57,75)(H,58,70)(H,59,71)(H,60,73)(H,61,74)(H,62,77)(H,63,76)(H,64,78)(H,68,69)(H3,54,55,79)/t25-,26-,27-,31-,32-,33-,34-,35-,36-,40-,41-/m0/s1. The molecule has 2 aromatic carbocycles. The van der Waals surface area contributed by atoms with Crippen molar-refractivity contribution in [1.29, 1.82) is 0 Å². The molecule has 1 fully saturated rings. The number of phenolic OH excluding ortho intramolecular Hbond substituents is 1. The van der Waals surface area contributed by atoms with Crippen molar-refractivity contribution in [3.63, 3.8) is 0 Å². The maximum absolute atomic E-state index is 14.4. The van der Waals surface area contributed by atoms with E-state index in [9.17, 15) is 72.5 Å². The minimum atomic E-state index is -2.02. The number of amides is 13. The van der Waals surface area contributed by atoms with E-state index in [-0.39, 0.29) is 50.8 Å². The van der Waals surface area contributed by atoms with Crippen LogP contribution in [0.15, 0.2) is 54.6 Å². The van der Waals surface area contributed by atoms with E-state index in [1.165, 1.54) is 31.2 Å². The molecule has 0 bridgehead atoms. The van der Waals surface area contributed by atoms with Crippen molar-refractivity contribution in [3.05, 3.63) is 65.7 Å². The number of nitrogens with one attached hydrogen (secondary N) is 10. The van der Waals surface area contributed by atoms with E-state index in [0.717, 1.165) is 0 Å². The summed E-state index contributed by atoms with van der Waals surface area (Å²) in [5.74, 6) is -15.1. The van der Waals surface area contributed by atoms with Gasteiger partial charge in [-0.1, -0.05) is 83.0 Å². The van der Waals surface area contributed by atoms with Gasteiger partial charge in [-0.2, -0.15) is 0 Å². The molecule has 11 atom stereocenters. The van der Waals surface area contributed by atoms with Gasteiger partial charge in [0.2, 0.25) is 65.0 Å². The van der Waals surface area contributed by atoms with Gasteiger partial charge in [-0.3, -0.25) is 57.5 Å². The van der Waals surface area contributed by atoms with Gasteiger partial charge < -0.3 is 80.6 Å². The summed E-state index contributed by atoms with van der Waals surface area (Å²) in [6.07, 6.45) is -3.31. The highest BCUT2D eigenvalue weighted by Gasteiger charge is 2.39. The first-order valence-electron chi connectivity index (χ1n) is 25.6. The van der Waals surface area contributed by atoms with Crippen LogP contribution in [0.25, 0.3) is 0 Å². The van der Waals surface area contributed by atoms with Crippen LogP contribution in [0.3, 0.4) is 0 Å². The van der Waals surface area contributed by atoms with Crippen LogP contribution >= 0.6 is 0 Å². The van der Waals surface area contributed by atoms with Gasteiger partial charge in [0.1, 0.15) is 60.1 Å². The van der Waals surface area contributed by atoms with Crippen LogP contribution in [0.4, 0.5) is 4.79 Å². The Kier molecular flexibility index (Phi) is 25.6. The fraction of sp³-hybridized carbons (Fsp3) is 0.510. The highest BCUT2D eigenvalue weighted by atomic mass is 16.4. The number of primary amides is 3. The van der Waals surface area contributed by atoms with Crippen LogP contribution in [-0.2, 0) is 70.4 Å². The molecule has 3 rings (SSSR count). The lowest BCUT2D eigenvalue weighted by Crippen LogP contribution is -2.62. The summed E-state index contributed by atoms with van der Waals surface area (Å²) in [5, 5.41) is 44.2. The van der Waals surface area contributed by atoms with E-state index < -0.39 is 162 Å². The molecule has 1 aliphatic heterocycles. The Morgan fingerprint density at radius 2 is 0.886 bits per heavy atom. The molecule has 0 saturated carbocycles. The van der Waals surface area contributed by atoms with Crippen molar-refractivity contribution in [1.82, 2.24) is 53.2 Å². The van der Waals surface area contributed by atoms with E-state index in [1.807, 2.05) is 0 Å². The summed E-state index contributed by atoms with van der Waals surface area (Å²) in [4.78, 5) is 176. The van der Waals surface area contributed by atoms with Crippen molar-refractivity contribution in [3.8, 4) is 5.75 Å². The largest absolute Gasteiger partial charge is 0.508 e. The quantitative estimate of drug-likeness (QED) is 0.0640. The SMILES string of the molecule is CC[C@H](C)[C@@H]1NC(=O)[C@H](Cc2ccc(O)cc2)NC(=O)[C@H](CC(N)=O)NC(=O)[C@H](C)NC(=O)[C@H](Cc2ccccc2)NC(=O)[C@H](CCCNC(N)=O)NC(=O)[C@H](CC(=O)O)NC(=O)[C@H](CC(N)=O)NC(=O)[C@H]([C@@H](C)CC)NC1=O. The Morgan fingerprint density at radius 3 is 1.35 bits per heavy atom. The molecule has 0 radical (unpaired) electrons. The Morgan fingerprint density at radius 1 is 0.506 bits per heavy atom. The summed E-state index contributed by atoms with van der Waals surface area (Å²) < 4.78 is 0. The number of carbonyl (C=O) groups is 13. The molecule has 13 amide bonds. The molecule has 2 aromatic rings. The number of aliphatic carboxylic acids is 1. The molecule has 1 saturated heterocycles. The van der Waals surface area contributed by atoms with E-state index in [2.05, 4.69) is 53.2 Å². The van der Waals surface area contributed by atoms with E-state index in [1.54, 1.807) is 58.0 Å². The monoisotopic (exact) mass is 1110 g/mol. The van der Waals surface area contributed by atoms with Crippen molar-refractivity contribution in [2.45, 2.75) is 147 Å². The van der Waals surface area contributed by atoms with Gasteiger partial charge in [-0.05, 0) is 54.9 Å². The normalized spacial score (nSPS) is 24.4. The second-order valence-electron chi connectivity index (χ2n) is 19.3. The van der Waals surface area contributed by atoms with Gasteiger partial charge in [0.05, 0.1) is 19.3 Å². The number of hydrogen-bond donors (Lipinski definition) is 15. The van der Waals surface area contributed by atoms with E-state index in [4.69, 9.17) is 17.2 Å². The third-order valence-corrected chi connectivity index (χ3v) is 13.0. The van der Waals surface area contributed by atoms with Crippen molar-refractivity contribution in [2.75, 3.05) is 6.54 Å². The topological polar surface area (TPSA) is 461 Å². The maximum atomic E-state index is 14.4. The first-order valence-corrected chi connectivity index (χ1v) is 25.6. The highest BCUT2D eigenvalue weighted by molar-refractivity contribution is 6.01. The van der Waals surface area contributed by atoms with Crippen LogP contribution in [0.5, 0.6) is 5.75 Å². The van der Waals surface area contributed by atoms with Crippen LogP contribution in [-0.4, -0.2) is 148 Å². The maximum Gasteiger partial charge on any atom is 0.312 e. The average Bonchev–Trinajstić information content (AvgIpc) is 3.38. The fourth-order valence-corrected chi connectivity index (χ4v) is 8.06. The highest BCUT2D eigenvalue weighted by Crippen LogP contribution is 2.16. The predicted molar refractivity (Wildman–Crippen MR) is 281 cm³/mol. The summed E-state index contributed by atoms with van der Waals surface area (Å²) >= 11 is 0. The minimum Gasteiger partial charge on any atom is -0.508 e. The summed E-state index contributed by atoms with van der Waals surface area (Å²) in [6.45, 7) is 7.60. The lowest BCUT2D eigenvalue weighted by molar-refractivity contribution is -0.142. The zero-order valence-corrected chi connectivity index (χ0v) is 44.6. The van der Waals surface area contributed by atoms with Crippen LogP contribution in [0.2, 0.25) is 0 Å². The molecular weight excluding hydrogens is 1030 g/mol. The number of carboxylic acid groups (broad SMARTS) is 1. The number of rotatable bonds is 18. The number of carbonyl (C=O) groups excluding carboxylic acids is 12. The van der Waals surface area contributed by atoms with Gasteiger partial charge >= 0.3 is 12.0 Å². The molecule has 0 unspecified atom stereocenters. The molecule has 28 nitrogen and oxygen atoms in total. The molecule has 1 heterocycles. The Hall–Kier alpha value is -8.85. The number of aromatic hydroxyl groups is 1. The second-order valence-corrected chi connectivity index (χ2v) is 19.3. The van der Waals surface area contributed by atoms with Gasteiger partial charge in [0.25, 0.3) is 0 Å². The number of nitrogens with two attached hydrogens (primary N) is 3. The first-order chi connectivity index (χ1) is 37.2.